The van der Waals surface area contributed by atoms with E-state index in [0.717, 1.165) is 45.9 Å². The van der Waals surface area contributed by atoms with Gasteiger partial charge in [-0.05, 0) is 74.2 Å². The van der Waals surface area contributed by atoms with Crippen molar-refractivity contribution < 1.29 is 19.8 Å². The molecule has 0 fully saturated rings. The van der Waals surface area contributed by atoms with Crippen LogP contribution in [0.4, 0.5) is 0 Å². The number of aliphatic hydroxyl groups is 1. The second-order valence-corrected chi connectivity index (χ2v) is 10.2. The molecule has 4 aromatic rings. The number of nitrogens with one attached hydrogen (secondary N) is 2. The van der Waals surface area contributed by atoms with Gasteiger partial charge < -0.3 is 25.4 Å². The molecule has 0 saturated heterocycles. The van der Waals surface area contributed by atoms with Gasteiger partial charge in [0.25, 0.3) is 0 Å². The Morgan fingerprint density at radius 1 is 0.925 bits per heavy atom. The first-order valence-electron chi connectivity index (χ1n) is 13.4. The van der Waals surface area contributed by atoms with Gasteiger partial charge in [0, 0.05) is 42.3 Å². The number of benzene rings is 2. The van der Waals surface area contributed by atoms with Crippen LogP contribution in [0.25, 0.3) is 5.82 Å². The summed E-state index contributed by atoms with van der Waals surface area (Å²) in [5, 5.41) is 26.0. The van der Waals surface area contributed by atoms with Crippen molar-refractivity contribution in [2.24, 2.45) is 0 Å². The number of carbonyl (C=O) groups excluding carboxylic acids is 1. The van der Waals surface area contributed by atoms with Crippen LogP contribution in [0.5, 0.6) is 0 Å². The van der Waals surface area contributed by atoms with Gasteiger partial charge in [-0.2, -0.15) is 0 Å². The van der Waals surface area contributed by atoms with E-state index in [-0.39, 0.29) is 23.9 Å². The van der Waals surface area contributed by atoms with Gasteiger partial charge in [0.05, 0.1) is 18.1 Å². The number of aryl methyl sites for hydroxylation is 2. The highest BCUT2D eigenvalue weighted by atomic mass is 16.4. The number of rotatable bonds is 12. The summed E-state index contributed by atoms with van der Waals surface area (Å²) in [5.41, 5.74) is 6.07. The highest BCUT2D eigenvalue weighted by Gasteiger charge is 2.13. The number of hydrogen-bond acceptors (Lipinski definition) is 5. The van der Waals surface area contributed by atoms with E-state index >= 15 is 0 Å². The Hall–Kier alpha value is -4.27. The number of carboxylic acids is 1. The summed E-state index contributed by atoms with van der Waals surface area (Å²) < 4.78 is 2.08. The maximum Gasteiger partial charge on any atom is 0.335 e. The standard InChI is InChI=1S/C32H36N4O4/c1-21(33-20-29(37)28-13-14-30(34-19-28)36-22(2)7-8-23(36)3)15-25-5-4-6-26(16-25)17-31(38)35-18-24-9-11-27(12-10-24)32(39)40/h4-14,16,19,21,29,33,37H,15,17-18,20H2,1-3H3,(H,35,38)(H,39,40)/t21?,29-/m1/s1. The summed E-state index contributed by atoms with van der Waals surface area (Å²) in [6.07, 6.45) is 2.06. The number of aromatic nitrogens is 2. The van der Waals surface area contributed by atoms with Crippen LogP contribution in [0.1, 0.15) is 57.0 Å². The highest BCUT2D eigenvalue weighted by molar-refractivity contribution is 5.87. The summed E-state index contributed by atoms with van der Waals surface area (Å²) in [6, 6.07) is 22.5. The number of aliphatic hydroxyl groups excluding tert-OH is 1. The van der Waals surface area contributed by atoms with Crippen molar-refractivity contribution in [1.82, 2.24) is 20.2 Å². The number of hydrogen-bond donors (Lipinski definition) is 4. The summed E-state index contributed by atoms with van der Waals surface area (Å²) >= 11 is 0. The lowest BCUT2D eigenvalue weighted by molar-refractivity contribution is -0.120. The minimum absolute atomic E-state index is 0.101. The van der Waals surface area contributed by atoms with Crippen LogP contribution in [0.15, 0.2) is 79.0 Å². The molecule has 0 aliphatic carbocycles. The average molecular weight is 541 g/mol. The molecule has 8 heteroatoms. The Morgan fingerprint density at radius 2 is 1.62 bits per heavy atom. The fourth-order valence-electron chi connectivity index (χ4n) is 4.69. The molecule has 2 aromatic heterocycles. The van der Waals surface area contributed by atoms with E-state index in [1.807, 2.05) is 50.2 Å². The minimum atomic E-state index is -0.975. The number of carboxylic acid groups (broad SMARTS) is 1. The minimum Gasteiger partial charge on any atom is -0.478 e. The number of amides is 1. The number of nitrogens with zero attached hydrogens (tertiary/aromatic N) is 2. The number of pyridine rings is 1. The first kappa shape index (κ1) is 28.7. The third kappa shape index (κ3) is 7.65. The van der Waals surface area contributed by atoms with Gasteiger partial charge in [0.1, 0.15) is 5.82 Å². The van der Waals surface area contributed by atoms with Crippen molar-refractivity contribution in [2.45, 2.75) is 52.3 Å². The zero-order chi connectivity index (χ0) is 28.6. The molecule has 0 radical (unpaired) electrons. The maximum absolute atomic E-state index is 12.5. The largest absolute Gasteiger partial charge is 0.478 e. The maximum atomic E-state index is 12.5. The van der Waals surface area contributed by atoms with Crippen molar-refractivity contribution >= 4 is 11.9 Å². The molecular weight excluding hydrogens is 504 g/mol. The van der Waals surface area contributed by atoms with Gasteiger partial charge >= 0.3 is 5.97 Å². The molecule has 2 atom stereocenters. The molecule has 1 amide bonds. The van der Waals surface area contributed by atoms with Gasteiger partial charge in [-0.15, -0.1) is 0 Å². The summed E-state index contributed by atoms with van der Waals surface area (Å²) in [5.74, 6) is -0.243. The summed E-state index contributed by atoms with van der Waals surface area (Å²) in [7, 11) is 0. The highest BCUT2D eigenvalue weighted by Crippen LogP contribution is 2.18. The fourth-order valence-corrected chi connectivity index (χ4v) is 4.69. The van der Waals surface area contributed by atoms with Crippen LogP contribution in [-0.4, -0.2) is 44.2 Å². The van der Waals surface area contributed by atoms with Gasteiger partial charge in [-0.25, -0.2) is 9.78 Å². The molecule has 0 aliphatic heterocycles. The second-order valence-electron chi connectivity index (χ2n) is 10.2. The molecule has 40 heavy (non-hydrogen) atoms. The zero-order valence-corrected chi connectivity index (χ0v) is 23.1. The van der Waals surface area contributed by atoms with Crippen molar-refractivity contribution in [1.29, 1.82) is 0 Å². The van der Waals surface area contributed by atoms with E-state index in [2.05, 4.69) is 39.2 Å². The Balaban J connectivity index is 1.24. The van der Waals surface area contributed by atoms with E-state index < -0.39 is 12.1 Å². The smallest absolute Gasteiger partial charge is 0.335 e. The SMILES string of the molecule is Cc1ccc(C)n1-c1ccc([C@H](O)CNC(C)Cc2cccc(CC(=O)NCc3ccc(C(=O)O)cc3)c2)cn1. The zero-order valence-electron chi connectivity index (χ0n) is 23.1. The molecule has 0 aliphatic rings. The van der Waals surface area contributed by atoms with Crippen LogP contribution in [0.2, 0.25) is 0 Å². The Kier molecular flexibility index (Phi) is 9.47. The van der Waals surface area contributed by atoms with Gasteiger partial charge in [-0.1, -0.05) is 42.5 Å². The molecule has 0 bridgehead atoms. The molecule has 4 N–H and O–H groups in total. The molecule has 2 aromatic carbocycles. The summed E-state index contributed by atoms with van der Waals surface area (Å²) in [6.45, 7) is 6.89. The van der Waals surface area contributed by atoms with E-state index in [9.17, 15) is 14.7 Å². The topological polar surface area (TPSA) is 116 Å². The third-order valence-corrected chi connectivity index (χ3v) is 6.90. The van der Waals surface area contributed by atoms with Crippen molar-refractivity contribution in [3.63, 3.8) is 0 Å². The first-order valence-corrected chi connectivity index (χ1v) is 13.4. The molecule has 8 nitrogen and oxygen atoms in total. The van der Waals surface area contributed by atoms with Crippen molar-refractivity contribution in [3.8, 4) is 5.82 Å². The van der Waals surface area contributed by atoms with Crippen LogP contribution in [0, 0.1) is 13.8 Å². The molecular formula is C32H36N4O4. The Labute approximate surface area is 234 Å². The molecule has 0 spiro atoms. The first-order chi connectivity index (χ1) is 19.2. The normalized spacial score (nSPS) is 12.6. The van der Waals surface area contributed by atoms with E-state index in [0.29, 0.717) is 13.1 Å². The lowest BCUT2D eigenvalue weighted by Crippen LogP contribution is -2.32. The van der Waals surface area contributed by atoms with Crippen molar-refractivity contribution in [2.75, 3.05) is 6.54 Å². The molecule has 208 valence electrons. The quantitative estimate of drug-likeness (QED) is 0.213. The van der Waals surface area contributed by atoms with E-state index in [1.54, 1.807) is 18.3 Å². The van der Waals surface area contributed by atoms with Crippen LogP contribution in [0.3, 0.4) is 0 Å². The fraction of sp³-hybridized carbons (Fsp3) is 0.281. The van der Waals surface area contributed by atoms with Crippen LogP contribution < -0.4 is 10.6 Å². The van der Waals surface area contributed by atoms with Crippen LogP contribution >= 0.6 is 0 Å². The molecule has 1 unspecified atom stereocenters. The van der Waals surface area contributed by atoms with Gasteiger partial charge in [0.15, 0.2) is 0 Å². The summed E-state index contributed by atoms with van der Waals surface area (Å²) in [4.78, 5) is 28.0. The predicted molar refractivity (Wildman–Crippen MR) is 155 cm³/mol. The molecule has 2 heterocycles. The molecule has 4 rings (SSSR count). The Bertz CT molecular complexity index is 1430. The second kappa shape index (κ2) is 13.2. The van der Waals surface area contributed by atoms with Crippen molar-refractivity contribution in [3.05, 3.63) is 118 Å². The predicted octanol–water partition coefficient (Wildman–Crippen LogP) is 4.30. The van der Waals surface area contributed by atoms with E-state index in [4.69, 9.17) is 5.11 Å². The monoisotopic (exact) mass is 540 g/mol. The lowest BCUT2D eigenvalue weighted by Gasteiger charge is -2.18. The van der Waals surface area contributed by atoms with Gasteiger partial charge in [-0.3, -0.25) is 4.79 Å². The average Bonchev–Trinajstić information content (AvgIpc) is 3.28. The number of aromatic carboxylic acids is 1. The lowest BCUT2D eigenvalue weighted by atomic mass is 10.0. The Morgan fingerprint density at radius 3 is 2.27 bits per heavy atom. The van der Waals surface area contributed by atoms with Crippen LogP contribution in [-0.2, 0) is 24.2 Å². The molecule has 0 saturated carbocycles. The third-order valence-electron chi connectivity index (χ3n) is 6.90. The van der Waals surface area contributed by atoms with Gasteiger partial charge in [0.2, 0.25) is 5.91 Å². The van der Waals surface area contributed by atoms with E-state index in [1.165, 1.54) is 12.1 Å². The number of carbonyl (C=O) groups is 2.